The van der Waals surface area contributed by atoms with Crippen molar-refractivity contribution >= 4 is 28.5 Å². The van der Waals surface area contributed by atoms with Gasteiger partial charge in [0.15, 0.2) is 0 Å². The second-order valence-corrected chi connectivity index (χ2v) is 10.1. The van der Waals surface area contributed by atoms with E-state index in [-0.39, 0.29) is 17.7 Å². The number of piperazine rings is 1. The molecular formula is C27H34N6O3. The molecule has 2 fully saturated rings. The van der Waals surface area contributed by atoms with Crippen molar-refractivity contribution in [1.82, 2.24) is 24.8 Å². The average Bonchev–Trinajstić information content (AvgIpc) is 3.48. The first-order valence-electron chi connectivity index (χ1n) is 12.7. The molecule has 0 aliphatic carbocycles. The zero-order valence-electron chi connectivity index (χ0n) is 21.2. The van der Waals surface area contributed by atoms with Crippen LogP contribution in [0.2, 0.25) is 0 Å². The summed E-state index contributed by atoms with van der Waals surface area (Å²) in [6.07, 6.45) is 3.14. The Labute approximate surface area is 211 Å². The minimum absolute atomic E-state index is 0.0394. The number of hydrogen-bond donors (Lipinski definition) is 1. The van der Waals surface area contributed by atoms with Crippen molar-refractivity contribution < 1.29 is 14.3 Å². The number of pyridine rings is 1. The van der Waals surface area contributed by atoms with Gasteiger partial charge in [0.1, 0.15) is 5.52 Å². The van der Waals surface area contributed by atoms with Gasteiger partial charge in [-0.05, 0) is 30.5 Å². The lowest BCUT2D eigenvalue weighted by molar-refractivity contribution is -0.134. The summed E-state index contributed by atoms with van der Waals surface area (Å²) in [5, 5.41) is 2.88. The van der Waals surface area contributed by atoms with Crippen LogP contribution in [0.25, 0.3) is 22.3 Å². The van der Waals surface area contributed by atoms with Crippen LogP contribution in [-0.2, 0) is 16.6 Å². The second kappa shape index (κ2) is 10.2. The highest BCUT2D eigenvalue weighted by Crippen LogP contribution is 2.30. The van der Waals surface area contributed by atoms with E-state index in [0.29, 0.717) is 31.4 Å². The molecule has 9 nitrogen and oxygen atoms in total. The van der Waals surface area contributed by atoms with Crippen LogP contribution in [0.5, 0.6) is 5.88 Å². The van der Waals surface area contributed by atoms with E-state index in [9.17, 15) is 9.59 Å². The molecule has 1 N–H and O–H groups in total. The number of nitrogens with one attached hydrogen (secondary N) is 1. The van der Waals surface area contributed by atoms with Crippen LogP contribution in [0, 0.1) is 11.8 Å². The lowest BCUT2D eigenvalue weighted by Gasteiger charge is -2.37. The maximum Gasteiger partial charge on any atom is 0.240 e. The maximum atomic E-state index is 12.3. The number of ether oxygens (including phenoxy) is 1. The predicted octanol–water partition coefficient (Wildman–Crippen LogP) is 2.84. The molecule has 0 radical (unpaired) electrons. The van der Waals surface area contributed by atoms with Crippen molar-refractivity contribution in [2.24, 2.45) is 18.9 Å². The number of benzene rings is 1. The summed E-state index contributed by atoms with van der Waals surface area (Å²) in [4.78, 5) is 37.4. The van der Waals surface area contributed by atoms with E-state index in [2.05, 4.69) is 39.5 Å². The molecule has 2 aromatic heterocycles. The van der Waals surface area contributed by atoms with Crippen molar-refractivity contribution in [2.45, 2.75) is 26.7 Å². The highest BCUT2D eigenvalue weighted by molar-refractivity contribution is 5.85. The molecule has 1 aromatic carbocycles. The molecule has 2 aliphatic rings. The lowest BCUT2D eigenvalue weighted by atomic mass is 10.1. The van der Waals surface area contributed by atoms with Gasteiger partial charge in [-0.2, -0.15) is 0 Å². The Morgan fingerprint density at radius 2 is 1.92 bits per heavy atom. The van der Waals surface area contributed by atoms with Gasteiger partial charge in [-0.25, -0.2) is 9.97 Å². The number of fused-ring (bicyclic) bond motifs is 1. The van der Waals surface area contributed by atoms with Crippen molar-refractivity contribution in [1.29, 1.82) is 0 Å². The molecule has 0 spiro atoms. The predicted molar refractivity (Wildman–Crippen MR) is 139 cm³/mol. The Morgan fingerprint density at radius 1 is 1.17 bits per heavy atom. The number of carbonyl (C=O) groups is 2. The van der Waals surface area contributed by atoms with Crippen LogP contribution in [0.1, 0.15) is 26.7 Å². The van der Waals surface area contributed by atoms with Gasteiger partial charge in [0.05, 0.1) is 24.1 Å². The van der Waals surface area contributed by atoms with Gasteiger partial charge in [-0.3, -0.25) is 9.59 Å². The summed E-state index contributed by atoms with van der Waals surface area (Å²) in [5.74, 6) is 1.25. The highest BCUT2D eigenvalue weighted by atomic mass is 16.5. The van der Waals surface area contributed by atoms with E-state index in [1.165, 1.54) is 0 Å². The zero-order chi connectivity index (χ0) is 25.2. The quantitative estimate of drug-likeness (QED) is 0.548. The number of nitrogens with zero attached hydrogens (tertiary/aromatic N) is 5. The number of hydrogen-bond acceptors (Lipinski definition) is 6. The number of aryl methyl sites for hydroxylation is 1. The lowest BCUT2D eigenvalue weighted by Crippen LogP contribution is -2.49. The molecule has 1 atom stereocenters. The smallest absolute Gasteiger partial charge is 0.240 e. The van der Waals surface area contributed by atoms with Gasteiger partial charge in [-0.15, -0.1) is 0 Å². The van der Waals surface area contributed by atoms with E-state index in [0.717, 1.165) is 60.6 Å². The Hall–Kier alpha value is -3.62. The summed E-state index contributed by atoms with van der Waals surface area (Å²) in [7, 11) is 1.94. The molecule has 36 heavy (non-hydrogen) atoms. The molecule has 9 heteroatoms. The van der Waals surface area contributed by atoms with Crippen molar-refractivity contribution in [3.05, 3.63) is 36.7 Å². The molecule has 2 aliphatic heterocycles. The van der Waals surface area contributed by atoms with Crippen LogP contribution < -0.4 is 15.0 Å². The Bertz CT molecular complexity index is 1240. The van der Waals surface area contributed by atoms with E-state index in [4.69, 9.17) is 9.72 Å². The fourth-order valence-corrected chi connectivity index (χ4v) is 4.97. The summed E-state index contributed by atoms with van der Waals surface area (Å²) in [6, 6.07) is 10.4. The van der Waals surface area contributed by atoms with Crippen LogP contribution in [-0.4, -0.2) is 70.6 Å². The van der Waals surface area contributed by atoms with Crippen LogP contribution in [0.3, 0.4) is 0 Å². The van der Waals surface area contributed by atoms with Crippen molar-refractivity contribution in [2.75, 3.05) is 44.2 Å². The Balaban J connectivity index is 1.29. The van der Waals surface area contributed by atoms with Crippen LogP contribution >= 0.6 is 0 Å². The topological polar surface area (TPSA) is 92.6 Å². The second-order valence-electron chi connectivity index (χ2n) is 10.1. The van der Waals surface area contributed by atoms with Gasteiger partial charge in [0, 0.05) is 63.4 Å². The summed E-state index contributed by atoms with van der Waals surface area (Å²) in [5.41, 5.74) is 4.66. The first kappa shape index (κ1) is 24.1. The number of carbonyl (C=O) groups excluding carboxylic acids is 2. The van der Waals surface area contributed by atoms with Crippen molar-refractivity contribution in [3.63, 3.8) is 0 Å². The third-order valence-electron chi connectivity index (χ3n) is 7.10. The minimum atomic E-state index is 0.0394. The SMILES string of the molecule is CC(C)C(=O)N1CCN(c2ccc(-c3cc4ncn(C)c4c(OCC[C@H]4CNC(=O)C4)n3)cc2)CC1. The molecule has 0 unspecified atom stereocenters. The van der Waals surface area contributed by atoms with E-state index >= 15 is 0 Å². The van der Waals surface area contributed by atoms with Gasteiger partial charge >= 0.3 is 0 Å². The number of imidazole rings is 1. The van der Waals surface area contributed by atoms with Gasteiger partial charge in [-0.1, -0.05) is 26.0 Å². The normalized spacial score (nSPS) is 18.2. The number of amides is 2. The first-order chi connectivity index (χ1) is 17.4. The molecule has 0 saturated carbocycles. The number of aromatic nitrogens is 3. The van der Waals surface area contributed by atoms with E-state index in [1.54, 1.807) is 6.33 Å². The molecular weight excluding hydrogens is 456 g/mol. The number of anilines is 1. The third kappa shape index (κ3) is 5.01. The monoisotopic (exact) mass is 490 g/mol. The van der Waals surface area contributed by atoms with Gasteiger partial charge in [0.25, 0.3) is 0 Å². The average molecular weight is 491 g/mol. The molecule has 4 heterocycles. The Morgan fingerprint density at radius 3 is 2.58 bits per heavy atom. The minimum Gasteiger partial charge on any atom is -0.476 e. The highest BCUT2D eigenvalue weighted by Gasteiger charge is 2.24. The number of rotatable bonds is 7. The van der Waals surface area contributed by atoms with E-state index in [1.807, 2.05) is 36.4 Å². The molecule has 3 aromatic rings. The van der Waals surface area contributed by atoms with E-state index < -0.39 is 0 Å². The standard InChI is InChI=1S/C27H34N6O3/c1-18(2)27(35)33-11-9-32(10-12-33)21-6-4-20(5-7-21)22-15-23-25(31(3)17-29-23)26(30-22)36-13-8-19-14-24(34)28-16-19/h4-7,15,17-19H,8-14,16H2,1-3H3,(H,28,34)/t19-/m1/s1. The molecule has 2 saturated heterocycles. The third-order valence-corrected chi connectivity index (χ3v) is 7.10. The summed E-state index contributed by atoms with van der Waals surface area (Å²) in [6.45, 7) is 8.29. The zero-order valence-corrected chi connectivity index (χ0v) is 21.2. The van der Waals surface area contributed by atoms with Crippen molar-refractivity contribution in [3.8, 4) is 17.1 Å². The summed E-state index contributed by atoms with van der Waals surface area (Å²) >= 11 is 0. The largest absolute Gasteiger partial charge is 0.476 e. The fraction of sp³-hybridized carbons (Fsp3) is 0.481. The molecule has 0 bridgehead atoms. The first-order valence-corrected chi connectivity index (χ1v) is 12.7. The molecule has 190 valence electrons. The van der Waals surface area contributed by atoms with Crippen LogP contribution in [0.4, 0.5) is 5.69 Å². The molecule has 2 amide bonds. The van der Waals surface area contributed by atoms with Crippen LogP contribution in [0.15, 0.2) is 36.7 Å². The maximum absolute atomic E-state index is 12.3. The Kier molecular flexibility index (Phi) is 6.80. The van der Waals surface area contributed by atoms with Gasteiger partial charge in [0.2, 0.25) is 17.7 Å². The fourth-order valence-electron chi connectivity index (χ4n) is 4.97. The van der Waals surface area contributed by atoms with Gasteiger partial charge < -0.3 is 24.4 Å². The summed E-state index contributed by atoms with van der Waals surface area (Å²) < 4.78 is 8.06. The molecule has 5 rings (SSSR count).